The van der Waals surface area contributed by atoms with E-state index in [-0.39, 0.29) is 12.4 Å². The largest absolute Gasteiger partial charge is 0.500 e. The number of nitrogens with zero attached hydrogens (tertiary/aromatic N) is 2. The number of rotatable bonds is 6. The zero-order chi connectivity index (χ0) is 18.4. The fourth-order valence-corrected chi connectivity index (χ4v) is 2.43. The summed E-state index contributed by atoms with van der Waals surface area (Å²) in [4.78, 5) is 22.3. The summed E-state index contributed by atoms with van der Waals surface area (Å²) in [7, 11) is 0. The van der Waals surface area contributed by atoms with Crippen LogP contribution in [0.25, 0.3) is 0 Å². The van der Waals surface area contributed by atoms with Crippen molar-refractivity contribution in [2.45, 2.75) is 6.92 Å². The molecule has 0 aromatic heterocycles. The third-order valence-corrected chi connectivity index (χ3v) is 3.76. The van der Waals surface area contributed by atoms with E-state index in [1.165, 1.54) is 12.3 Å². The molecular formula is C16H14BrN3O5. The van der Waals surface area contributed by atoms with Gasteiger partial charge in [-0.2, -0.15) is 5.10 Å². The van der Waals surface area contributed by atoms with E-state index in [0.717, 1.165) is 6.07 Å². The molecule has 0 atom stereocenters. The number of nitro groups is 1. The van der Waals surface area contributed by atoms with Crippen molar-refractivity contribution in [3.63, 3.8) is 0 Å². The molecule has 0 fully saturated rings. The Kier molecular flexibility index (Phi) is 6.07. The summed E-state index contributed by atoms with van der Waals surface area (Å²) in [5.74, 6) is -1.03. The molecule has 2 rings (SSSR count). The van der Waals surface area contributed by atoms with E-state index >= 15 is 0 Å². The number of hydrogen-bond donors (Lipinski definition) is 2. The molecule has 0 radical (unpaired) electrons. The van der Waals surface area contributed by atoms with E-state index in [1.54, 1.807) is 31.2 Å². The van der Waals surface area contributed by atoms with Crippen molar-refractivity contribution in [1.29, 1.82) is 0 Å². The van der Waals surface area contributed by atoms with Crippen LogP contribution in [0.3, 0.4) is 0 Å². The Balaban J connectivity index is 2.21. The number of aromatic hydroxyl groups is 1. The molecular weight excluding hydrogens is 394 g/mol. The van der Waals surface area contributed by atoms with E-state index in [2.05, 4.69) is 26.5 Å². The fraction of sp³-hybridized carbons (Fsp3) is 0.125. The number of ether oxygens (including phenoxy) is 1. The van der Waals surface area contributed by atoms with E-state index in [9.17, 15) is 20.0 Å². The van der Waals surface area contributed by atoms with Crippen molar-refractivity contribution in [3.05, 3.63) is 62.1 Å². The number of carbonyl (C=O) groups excluding carboxylic acids is 1. The second-order valence-corrected chi connectivity index (χ2v) is 5.61. The van der Waals surface area contributed by atoms with Gasteiger partial charge in [-0.25, -0.2) is 5.43 Å². The number of nitrogens with one attached hydrogen (secondary N) is 1. The Morgan fingerprint density at radius 3 is 2.80 bits per heavy atom. The van der Waals surface area contributed by atoms with Crippen molar-refractivity contribution < 1.29 is 19.6 Å². The average Bonchev–Trinajstić information content (AvgIpc) is 2.57. The van der Waals surface area contributed by atoms with Gasteiger partial charge in [0.05, 0.1) is 23.3 Å². The Morgan fingerprint density at radius 2 is 2.16 bits per heavy atom. The summed E-state index contributed by atoms with van der Waals surface area (Å²) < 4.78 is 5.78. The third kappa shape index (κ3) is 4.54. The summed E-state index contributed by atoms with van der Waals surface area (Å²) in [6, 6.07) is 9.34. The number of halogens is 1. The molecule has 2 N–H and O–H groups in total. The van der Waals surface area contributed by atoms with Gasteiger partial charge >= 0.3 is 5.69 Å². The maximum Gasteiger partial charge on any atom is 0.315 e. The van der Waals surface area contributed by atoms with Gasteiger partial charge in [-0.15, -0.1) is 0 Å². The van der Waals surface area contributed by atoms with Crippen LogP contribution in [0, 0.1) is 10.1 Å². The molecule has 130 valence electrons. The molecule has 0 aliphatic carbocycles. The van der Waals surface area contributed by atoms with E-state index < -0.39 is 22.3 Å². The van der Waals surface area contributed by atoms with Crippen LogP contribution in [0.15, 0.2) is 46.0 Å². The monoisotopic (exact) mass is 407 g/mol. The second-order valence-electron chi connectivity index (χ2n) is 4.76. The number of phenols is 1. The summed E-state index contributed by atoms with van der Waals surface area (Å²) in [6.07, 6.45) is 1.23. The summed E-state index contributed by atoms with van der Waals surface area (Å²) >= 11 is 3.26. The van der Waals surface area contributed by atoms with Gasteiger partial charge in [0.2, 0.25) is 5.75 Å². The van der Waals surface area contributed by atoms with Crippen LogP contribution in [0.2, 0.25) is 0 Å². The zero-order valence-electron chi connectivity index (χ0n) is 13.1. The van der Waals surface area contributed by atoms with E-state index in [1.807, 2.05) is 0 Å². The SMILES string of the molecule is CCOc1cc(/C=N/NC(=O)c2ccccc2Br)cc([N+](=O)[O-])c1O. The van der Waals surface area contributed by atoms with Gasteiger partial charge in [-0.3, -0.25) is 14.9 Å². The number of carbonyl (C=O) groups is 1. The van der Waals surface area contributed by atoms with Gasteiger partial charge in [-0.05, 0) is 41.1 Å². The lowest BCUT2D eigenvalue weighted by Crippen LogP contribution is -2.18. The van der Waals surface area contributed by atoms with E-state index in [0.29, 0.717) is 15.6 Å². The molecule has 0 heterocycles. The lowest BCUT2D eigenvalue weighted by molar-refractivity contribution is -0.386. The molecule has 1 amide bonds. The Morgan fingerprint density at radius 1 is 1.44 bits per heavy atom. The maximum absolute atomic E-state index is 12.0. The first-order valence-corrected chi connectivity index (χ1v) is 7.95. The molecule has 0 spiro atoms. The Labute approximate surface area is 151 Å². The van der Waals surface area contributed by atoms with Crippen LogP contribution >= 0.6 is 15.9 Å². The molecule has 0 bridgehead atoms. The molecule has 25 heavy (non-hydrogen) atoms. The highest BCUT2D eigenvalue weighted by atomic mass is 79.9. The summed E-state index contributed by atoms with van der Waals surface area (Å²) in [5, 5.41) is 24.6. The minimum Gasteiger partial charge on any atom is -0.500 e. The van der Waals surface area contributed by atoms with Gasteiger partial charge in [-0.1, -0.05) is 12.1 Å². The van der Waals surface area contributed by atoms with Crippen LogP contribution in [0.5, 0.6) is 11.5 Å². The molecule has 0 saturated heterocycles. The predicted molar refractivity (Wildman–Crippen MR) is 95.1 cm³/mol. The highest BCUT2D eigenvalue weighted by Gasteiger charge is 2.19. The van der Waals surface area contributed by atoms with Crippen LogP contribution < -0.4 is 10.2 Å². The van der Waals surface area contributed by atoms with Gasteiger partial charge in [0.1, 0.15) is 0 Å². The second kappa shape index (κ2) is 8.25. The zero-order valence-corrected chi connectivity index (χ0v) is 14.7. The highest BCUT2D eigenvalue weighted by molar-refractivity contribution is 9.10. The number of benzene rings is 2. The molecule has 0 aliphatic heterocycles. The van der Waals surface area contributed by atoms with Crippen LogP contribution in [-0.4, -0.2) is 28.8 Å². The number of phenolic OH excluding ortho intramolecular Hbond substituents is 1. The maximum atomic E-state index is 12.0. The quantitative estimate of drug-likeness (QED) is 0.433. The topological polar surface area (TPSA) is 114 Å². The normalized spacial score (nSPS) is 10.6. The molecule has 2 aromatic rings. The lowest BCUT2D eigenvalue weighted by atomic mass is 10.2. The molecule has 9 heteroatoms. The van der Waals surface area contributed by atoms with E-state index in [4.69, 9.17) is 4.74 Å². The first-order chi connectivity index (χ1) is 11.9. The van der Waals surface area contributed by atoms with Crippen LogP contribution in [-0.2, 0) is 0 Å². The first kappa shape index (κ1) is 18.4. The van der Waals surface area contributed by atoms with Crippen LogP contribution in [0.4, 0.5) is 5.69 Å². The van der Waals surface area contributed by atoms with Gasteiger partial charge in [0.25, 0.3) is 5.91 Å². The number of hydrogen-bond acceptors (Lipinski definition) is 6. The lowest BCUT2D eigenvalue weighted by Gasteiger charge is -2.07. The number of hydrazone groups is 1. The minimum absolute atomic E-state index is 0.0321. The molecule has 2 aromatic carbocycles. The fourth-order valence-electron chi connectivity index (χ4n) is 1.96. The molecule has 0 saturated carbocycles. The van der Waals surface area contributed by atoms with Gasteiger partial charge in [0.15, 0.2) is 5.75 Å². The third-order valence-electron chi connectivity index (χ3n) is 3.07. The van der Waals surface area contributed by atoms with Gasteiger partial charge in [0, 0.05) is 16.1 Å². The summed E-state index contributed by atoms with van der Waals surface area (Å²) in [5.41, 5.74) is 2.51. The van der Waals surface area contributed by atoms with Crippen molar-refractivity contribution in [2.24, 2.45) is 5.10 Å². The van der Waals surface area contributed by atoms with Crippen molar-refractivity contribution in [1.82, 2.24) is 5.43 Å². The number of amides is 1. The minimum atomic E-state index is -0.727. The average molecular weight is 408 g/mol. The van der Waals surface area contributed by atoms with Gasteiger partial charge < -0.3 is 9.84 Å². The Bertz CT molecular complexity index is 839. The van der Waals surface area contributed by atoms with Crippen molar-refractivity contribution in [2.75, 3.05) is 6.61 Å². The highest BCUT2D eigenvalue weighted by Crippen LogP contribution is 2.36. The smallest absolute Gasteiger partial charge is 0.315 e. The standard InChI is InChI=1S/C16H14BrN3O5/c1-2-25-14-8-10(7-13(15(14)21)20(23)24)9-18-19-16(22)11-5-3-4-6-12(11)17/h3-9,21H,2H2,1H3,(H,19,22)/b18-9+. The molecule has 0 unspecified atom stereocenters. The van der Waals surface area contributed by atoms with Crippen molar-refractivity contribution >= 4 is 33.7 Å². The molecule has 8 nitrogen and oxygen atoms in total. The van der Waals surface area contributed by atoms with Crippen molar-refractivity contribution in [3.8, 4) is 11.5 Å². The van der Waals surface area contributed by atoms with Crippen LogP contribution in [0.1, 0.15) is 22.8 Å². The summed E-state index contributed by atoms with van der Waals surface area (Å²) in [6.45, 7) is 1.91. The Hall–Kier alpha value is -2.94. The molecule has 0 aliphatic rings. The first-order valence-electron chi connectivity index (χ1n) is 7.16. The predicted octanol–water partition coefficient (Wildman–Crippen LogP) is 3.23. The number of nitro benzene ring substituents is 1.